The second kappa shape index (κ2) is 6.05. The number of hydrogen-bond donors (Lipinski definition) is 0. The monoisotopic (exact) mass is 255 g/mol. The van der Waals surface area contributed by atoms with Crippen LogP contribution in [0.4, 0.5) is 5.69 Å². The standard InChI is InChI=1S/C16H17NO2/c1-17(14-8-10-15(19-2)11-9-14)12-16(18)13-6-4-3-5-7-13/h3-11H,12H2,1-2H3. The Hall–Kier alpha value is -2.29. The van der Waals surface area contributed by atoms with Crippen LogP contribution in [0.3, 0.4) is 0 Å². The van der Waals surface area contributed by atoms with Gasteiger partial charge in [-0.3, -0.25) is 4.79 Å². The fourth-order valence-corrected chi connectivity index (χ4v) is 1.86. The second-order valence-electron chi connectivity index (χ2n) is 4.34. The molecule has 0 aliphatic carbocycles. The van der Waals surface area contributed by atoms with Crippen LogP contribution in [-0.4, -0.2) is 26.5 Å². The normalized spacial score (nSPS) is 10.0. The van der Waals surface area contributed by atoms with E-state index >= 15 is 0 Å². The molecule has 3 nitrogen and oxygen atoms in total. The lowest BCUT2D eigenvalue weighted by Crippen LogP contribution is -2.25. The molecular formula is C16H17NO2. The van der Waals surface area contributed by atoms with Gasteiger partial charge in [0.1, 0.15) is 5.75 Å². The molecule has 2 aromatic carbocycles. The Morgan fingerprint density at radius 3 is 2.26 bits per heavy atom. The van der Waals surface area contributed by atoms with E-state index in [1.165, 1.54) is 0 Å². The predicted octanol–water partition coefficient (Wildman–Crippen LogP) is 3.01. The molecule has 0 radical (unpaired) electrons. The average molecular weight is 255 g/mol. The van der Waals surface area contributed by atoms with Gasteiger partial charge >= 0.3 is 0 Å². The van der Waals surface area contributed by atoms with Crippen LogP contribution in [-0.2, 0) is 0 Å². The van der Waals surface area contributed by atoms with Crippen molar-refractivity contribution in [3.05, 3.63) is 60.2 Å². The van der Waals surface area contributed by atoms with Crippen LogP contribution in [0.15, 0.2) is 54.6 Å². The van der Waals surface area contributed by atoms with Gasteiger partial charge in [-0.15, -0.1) is 0 Å². The molecule has 3 heteroatoms. The quantitative estimate of drug-likeness (QED) is 0.769. The number of methoxy groups -OCH3 is 1. The number of ether oxygens (including phenoxy) is 1. The smallest absolute Gasteiger partial charge is 0.182 e. The number of likely N-dealkylation sites (N-methyl/N-ethyl adjacent to an activating group) is 1. The van der Waals surface area contributed by atoms with E-state index in [1.54, 1.807) is 7.11 Å². The summed E-state index contributed by atoms with van der Waals surface area (Å²) in [6, 6.07) is 17.0. The van der Waals surface area contributed by atoms with Crippen molar-refractivity contribution in [1.29, 1.82) is 0 Å². The summed E-state index contributed by atoms with van der Waals surface area (Å²) in [7, 11) is 3.54. The summed E-state index contributed by atoms with van der Waals surface area (Å²) in [6.45, 7) is 0.357. The maximum absolute atomic E-state index is 12.1. The molecule has 0 atom stereocenters. The number of ketones is 1. The van der Waals surface area contributed by atoms with Crippen LogP contribution in [0.2, 0.25) is 0 Å². The first-order chi connectivity index (χ1) is 9.20. The van der Waals surface area contributed by atoms with Crippen molar-refractivity contribution < 1.29 is 9.53 Å². The number of Topliss-reactive ketones (excluding diaryl/α,β-unsaturated/α-hetero) is 1. The first-order valence-corrected chi connectivity index (χ1v) is 6.14. The van der Waals surface area contributed by atoms with E-state index in [-0.39, 0.29) is 5.78 Å². The van der Waals surface area contributed by atoms with Gasteiger partial charge in [0.15, 0.2) is 5.78 Å². The summed E-state index contributed by atoms with van der Waals surface area (Å²) >= 11 is 0. The molecule has 0 amide bonds. The highest BCUT2D eigenvalue weighted by Crippen LogP contribution is 2.18. The molecule has 19 heavy (non-hydrogen) atoms. The Bertz CT molecular complexity index is 534. The highest BCUT2D eigenvalue weighted by Gasteiger charge is 2.09. The van der Waals surface area contributed by atoms with Crippen LogP contribution < -0.4 is 9.64 Å². The molecule has 0 aliphatic heterocycles. The van der Waals surface area contributed by atoms with E-state index in [2.05, 4.69) is 0 Å². The topological polar surface area (TPSA) is 29.5 Å². The first kappa shape index (κ1) is 13.1. The minimum atomic E-state index is 0.110. The Morgan fingerprint density at radius 1 is 1.05 bits per heavy atom. The molecular weight excluding hydrogens is 238 g/mol. The fraction of sp³-hybridized carbons (Fsp3) is 0.188. The highest BCUT2D eigenvalue weighted by atomic mass is 16.5. The van der Waals surface area contributed by atoms with E-state index in [0.29, 0.717) is 6.54 Å². The van der Waals surface area contributed by atoms with Gasteiger partial charge < -0.3 is 9.64 Å². The minimum Gasteiger partial charge on any atom is -0.497 e. The zero-order chi connectivity index (χ0) is 13.7. The zero-order valence-corrected chi connectivity index (χ0v) is 11.2. The lowest BCUT2D eigenvalue weighted by molar-refractivity contribution is 0.100. The molecule has 0 unspecified atom stereocenters. The molecule has 0 spiro atoms. The fourth-order valence-electron chi connectivity index (χ4n) is 1.86. The van der Waals surface area contributed by atoms with Gasteiger partial charge in [-0.2, -0.15) is 0 Å². The molecule has 0 heterocycles. The summed E-state index contributed by atoms with van der Waals surface area (Å²) in [5.41, 5.74) is 1.73. The van der Waals surface area contributed by atoms with Crippen LogP contribution in [0, 0.1) is 0 Å². The number of carbonyl (C=O) groups excluding carboxylic acids is 1. The maximum atomic E-state index is 12.1. The number of anilines is 1. The Morgan fingerprint density at radius 2 is 1.68 bits per heavy atom. The number of hydrogen-bond acceptors (Lipinski definition) is 3. The Kier molecular flexibility index (Phi) is 4.18. The summed E-state index contributed by atoms with van der Waals surface area (Å²) in [5.74, 6) is 0.922. The molecule has 0 saturated heterocycles. The van der Waals surface area contributed by atoms with Gasteiger partial charge in [0.05, 0.1) is 13.7 Å². The van der Waals surface area contributed by atoms with Crippen molar-refractivity contribution in [2.24, 2.45) is 0 Å². The number of rotatable bonds is 5. The maximum Gasteiger partial charge on any atom is 0.182 e. The minimum absolute atomic E-state index is 0.110. The molecule has 2 rings (SSSR count). The van der Waals surface area contributed by atoms with Gasteiger partial charge in [0, 0.05) is 18.3 Å². The molecule has 0 fully saturated rings. The summed E-state index contributed by atoms with van der Waals surface area (Å²) < 4.78 is 5.11. The first-order valence-electron chi connectivity index (χ1n) is 6.14. The SMILES string of the molecule is COc1ccc(N(C)CC(=O)c2ccccc2)cc1. The van der Waals surface area contributed by atoms with Crippen molar-refractivity contribution in [3.8, 4) is 5.75 Å². The lowest BCUT2D eigenvalue weighted by Gasteiger charge is -2.18. The second-order valence-corrected chi connectivity index (χ2v) is 4.34. The van der Waals surface area contributed by atoms with Crippen molar-refractivity contribution in [1.82, 2.24) is 0 Å². The van der Waals surface area contributed by atoms with Gasteiger partial charge in [-0.05, 0) is 24.3 Å². The predicted molar refractivity (Wildman–Crippen MR) is 77.0 cm³/mol. The van der Waals surface area contributed by atoms with Crippen LogP contribution in [0.25, 0.3) is 0 Å². The van der Waals surface area contributed by atoms with Gasteiger partial charge in [-0.25, -0.2) is 0 Å². The van der Waals surface area contributed by atoms with Crippen LogP contribution >= 0.6 is 0 Å². The molecule has 0 N–H and O–H groups in total. The molecule has 0 bridgehead atoms. The van der Waals surface area contributed by atoms with E-state index in [1.807, 2.05) is 66.5 Å². The average Bonchev–Trinajstić information content (AvgIpc) is 2.48. The molecule has 0 aliphatic rings. The van der Waals surface area contributed by atoms with Crippen LogP contribution in [0.5, 0.6) is 5.75 Å². The summed E-state index contributed by atoms with van der Waals surface area (Å²) in [6.07, 6.45) is 0. The Balaban J connectivity index is 2.04. The number of carbonyl (C=O) groups is 1. The molecule has 0 saturated carbocycles. The third-order valence-electron chi connectivity index (χ3n) is 2.99. The molecule has 0 aromatic heterocycles. The molecule has 98 valence electrons. The van der Waals surface area contributed by atoms with Crippen molar-refractivity contribution >= 4 is 11.5 Å². The third kappa shape index (κ3) is 3.35. The third-order valence-corrected chi connectivity index (χ3v) is 2.99. The number of benzene rings is 2. The van der Waals surface area contributed by atoms with Crippen molar-refractivity contribution in [2.45, 2.75) is 0 Å². The number of nitrogens with zero attached hydrogens (tertiary/aromatic N) is 1. The van der Waals surface area contributed by atoms with Crippen molar-refractivity contribution in [3.63, 3.8) is 0 Å². The van der Waals surface area contributed by atoms with Gasteiger partial charge in [0.25, 0.3) is 0 Å². The van der Waals surface area contributed by atoms with Crippen LogP contribution in [0.1, 0.15) is 10.4 Å². The van der Waals surface area contributed by atoms with Gasteiger partial charge in [-0.1, -0.05) is 30.3 Å². The van der Waals surface area contributed by atoms with Gasteiger partial charge in [0.2, 0.25) is 0 Å². The highest BCUT2D eigenvalue weighted by molar-refractivity contribution is 5.99. The van der Waals surface area contributed by atoms with E-state index in [9.17, 15) is 4.79 Å². The molecule has 2 aromatic rings. The largest absolute Gasteiger partial charge is 0.497 e. The Labute approximate surface area is 113 Å². The van der Waals surface area contributed by atoms with Crippen molar-refractivity contribution in [2.75, 3.05) is 25.6 Å². The summed E-state index contributed by atoms with van der Waals surface area (Å²) in [4.78, 5) is 14.0. The lowest BCUT2D eigenvalue weighted by atomic mass is 10.1. The van der Waals surface area contributed by atoms with E-state index in [0.717, 1.165) is 17.0 Å². The van der Waals surface area contributed by atoms with E-state index < -0.39 is 0 Å². The van der Waals surface area contributed by atoms with E-state index in [4.69, 9.17) is 4.74 Å². The zero-order valence-electron chi connectivity index (χ0n) is 11.2. The summed E-state index contributed by atoms with van der Waals surface area (Å²) in [5, 5.41) is 0.